The number of nitrogens with one attached hydrogen (secondary N) is 1. The molecule has 0 spiro atoms. The molecule has 1 N–H and O–H groups in total. The van der Waals surface area contributed by atoms with E-state index in [1.807, 2.05) is 37.3 Å². The molecule has 1 aliphatic heterocycles. The van der Waals surface area contributed by atoms with Gasteiger partial charge in [0.25, 0.3) is 5.91 Å². The summed E-state index contributed by atoms with van der Waals surface area (Å²) in [5.74, 6) is 1.21. The van der Waals surface area contributed by atoms with Crippen molar-refractivity contribution in [2.24, 2.45) is 0 Å². The van der Waals surface area contributed by atoms with Gasteiger partial charge in [0.2, 0.25) is 0 Å². The summed E-state index contributed by atoms with van der Waals surface area (Å²) in [6, 6.07) is 19.9. The minimum atomic E-state index is -0.161. The van der Waals surface area contributed by atoms with E-state index in [9.17, 15) is 4.79 Å². The van der Waals surface area contributed by atoms with Gasteiger partial charge in [-0.2, -0.15) is 0 Å². The first kappa shape index (κ1) is 19.1. The lowest BCUT2D eigenvalue weighted by atomic mass is 10.1. The second kappa shape index (κ2) is 8.84. The topological polar surface area (TPSA) is 61.4 Å². The van der Waals surface area contributed by atoms with Gasteiger partial charge in [0, 0.05) is 44.4 Å². The van der Waals surface area contributed by atoms with Crippen LogP contribution in [0.1, 0.15) is 21.5 Å². The van der Waals surface area contributed by atoms with Gasteiger partial charge in [0.05, 0.1) is 0 Å². The Kier molecular flexibility index (Phi) is 5.81. The molecular weight excluding hydrogens is 362 g/mol. The fourth-order valence-corrected chi connectivity index (χ4v) is 3.54. The first-order valence-electron chi connectivity index (χ1n) is 9.89. The van der Waals surface area contributed by atoms with E-state index in [1.165, 1.54) is 11.9 Å². The van der Waals surface area contributed by atoms with Gasteiger partial charge in [-0.25, -0.2) is 9.97 Å². The zero-order chi connectivity index (χ0) is 20.1. The third kappa shape index (κ3) is 4.97. The number of hydrogen-bond donors (Lipinski definition) is 1. The SMILES string of the molecule is Cc1cccc(C(=O)Nc2cc(N3CCN(Cc4ccccc4)CC3)ncn2)c1. The van der Waals surface area contributed by atoms with Crippen LogP contribution in [-0.4, -0.2) is 47.0 Å². The highest BCUT2D eigenvalue weighted by molar-refractivity contribution is 6.03. The molecule has 0 radical (unpaired) electrons. The smallest absolute Gasteiger partial charge is 0.256 e. The Bertz CT molecular complexity index is 968. The van der Waals surface area contributed by atoms with Crippen LogP contribution in [0.5, 0.6) is 0 Å². The van der Waals surface area contributed by atoms with Crippen molar-refractivity contribution in [3.05, 3.63) is 83.7 Å². The summed E-state index contributed by atoms with van der Waals surface area (Å²) in [4.78, 5) is 25.8. The third-order valence-electron chi connectivity index (χ3n) is 5.12. The molecule has 4 rings (SSSR count). The molecule has 1 amide bonds. The molecule has 3 aromatic rings. The van der Waals surface area contributed by atoms with E-state index in [0.717, 1.165) is 44.1 Å². The minimum absolute atomic E-state index is 0.161. The Labute approximate surface area is 171 Å². The molecule has 6 nitrogen and oxygen atoms in total. The van der Waals surface area contributed by atoms with Crippen LogP contribution in [0.2, 0.25) is 0 Å². The Morgan fingerprint density at radius 2 is 1.76 bits per heavy atom. The predicted octanol–water partition coefficient (Wildman–Crippen LogP) is 3.36. The number of carbonyl (C=O) groups is 1. The van der Waals surface area contributed by atoms with Crippen LogP contribution in [0.25, 0.3) is 0 Å². The average molecular weight is 387 g/mol. The normalized spacial score (nSPS) is 14.6. The van der Waals surface area contributed by atoms with E-state index in [0.29, 0.717) is 11.4 Å². The molecule has 1 aromatic heterocycles. The van der Waals surface area contributed by atoms with Crippen molar-refractivity contribution in [2.45, 2.75) is 13.5 Å². The Morgan fingerprint density at radius 3 is 2.52 bits per heavy atom. The summed E-state index contributed by atoms with van der Waals surface area (Å²) in [6.07, 6.45) is 1.51. The molecule has 0 unspecified atom stereocenters. The predicted molar refractivity (Wildman–Crippen MR) is 115 cm³/mol. The molecule has 0 bridgehead atoms. The van der Waals surface area contributed by atoms with Crippen LogP contribution in [0.3, 0.4) is 0 Å². The number of anilines is 2. The van der Waals surface area contributed by atoms with Crippen molar-refractivity contribution in [3.8, 4) is 0 Å². The van der Waals surface area contributed by atoms with Gasteiger partial charge in [-0.05, 0) is 24.6 Å². The first-order valence-corrected chi connectivity index (χ1v) is 9.89. The van der Waals surface area contributed by atoms with Crippen LogP contribution in [0.4, 0.5) is 11.6 Å². The van der Waals surface area contributed by atoms with Crippen LogP contribution >= 0.6 is 0 Å². The van der Waals surface area contributed by atoms with E-state index in [1.54, 1.807) is 6.07 Å². The summed E-state index contributed by atoms with van der Waals surface area (Å²) < 4.78 is 0. The fraction of sp³-hybridized carbons (Fsp3) is 0.261. The summed E-state index contributed by atoms with van der Waals surface area (Å²) >= 11 is 0. The number of piperazine rings is 1. The Morgan fingerprint density at radius 1 is 0.966 bits per heavy atom. The summed E-state index contributed by atoms with van der Waals surface area (Å²) in [5, 5.41) is 2.88. The van der Waals surface area contributed by atoms with E-state index in [-0.39, 0.29) is 5.91 Å². The minimum Gasteiger partial charge on any atom is -0.354 e. The number of rotatable bonds is 5. The highest BCUT2D eigenvalue weighted by atomic mass is 16.1. The van der Waals surface area contributed by atoms with Gasteiger partial charge in [-0.3, -0.25) is 9.69 Å². The first-order chi connectivity index (χ1) is 14.2. The molecule has 2 aromatic carbocycles. The fourth-order valence-electron chi connectivity index (χ4n) is 3.54. The second-order valence-corrected chi connectivity index (χ2v) is 7.33. The van der Waals surface area contributed by atoms with Crippen molar-refractivity contribution in [2.75, 3.05) is 36.4 Å². The molecule has 2 heterocycles. The van der Waals surface area contributed by atoms with Gasteiger partial charge in [0.15, 0.2) is 0 Å². The number of hydrogen-bond acceptors (Lipinski definition) is 5. The Balaban J connectivity index is 1.36. The molecule has 1 saturated heterocycles. The number of nitrogens with zero attached hydrogens (tertiary/aromatic N) is 4. The summed E-state index contributed by atoms with van der Waals surface area (Å²) in [6.45, 7) is 6.69. The van der Waals surface area contributed by atoms with Gasteiger partial charge >= 0.3 is 0 Å². The molecule has 29 heavy (non-hydrogen) atoms. The number of aromatic nitrogens is 2. The van der Waals surface area contributed by atoms with Crippen molar-refractivity contribution in [1.82, 2.24) is 14.9 Å². The molecule has 0 atom stereocenters. The van der Waals surface area contributed by atoms with Crippen LogP contribution in [0.15, 0.2) is 67.0 Å². The lowest BCUT2D eigenvalue weighted by Gasteiger charge is -2.35. The summed E-state index contributed by atoms with van der Waals surface area (Å²) in [5.41, 5.74) is 3.01. The molecule has 0 saturated carbocycles. The Hall–Kier alpha value is -3.25. The maximum atomic E-state index is 12.5. The lowest BCUT2D eigenvalue weighted by molar-refractivity contribution is 0.102. The molecule has 6 heteroatoms. The van der Waals surface area contributed by atoms with Crippen molar-refractivity contribution < 1.29 is 4.79 Å². The zero-order valence-electron chi connectivity index (χ0n) is 16.6. The zero-order valence-corrected chi connectivity index (χ0v) is 16.6. The number of aryl methyl sites for hydroxylation is 1. The molecular formula is C23H25N5O. The van der Waals surface area contributed by atoms with Crippen molar-refractivity contribution in [3.63, 3.8) is 0 Å². The van der Waals surface area contributed by atoms with Crippen molar-refractivity contribution in [1.29, 1.82) is 0 Å². The van der Waals surface area contributed by atoms with Gasteiger partial charge in [-0.15, -0.1) is 0 Å². The molecule has 148 valence electrons. The van der Waals surface area contributed by atoms with Crippen LogP contribution < -0.4 is 10.2 Å². The number of carbonyl (C=O) groups excluding carboxylic acids is 1. The van der Waals surface area contributed by atoms with E-state index in [2.05, 4.69) is 49.4 Å². The highest BCUT2D eigenvalue weighted by Gasteiger charge is 2.19. The van der Waals surface area contributed by atoms with Crippen LogP contribution in [0, 0.1) is 6.92 Å². The lowest BCUT2D eigenvalue weighted by Crippen LogP contribution is -2.46. The van der Waals surface area contributed by atoms with Gasteiger partial charge < -0.3 is 10.2 Å². The maximum Gasteiger partial charge on any atom is 0.256 e. The van der Waals surface area contributed by atoms with Gasteiger partial charge in [-0.1, -0.05) is 48.0 Å². The monoisotopic (exact) mass is 387 g/mol. The van der Waals surface area contributed by atoms with E-state index < -0.39 is 0 Å². The molecule has 1 aliphatic rings. The average Bonchev–Trinajstić information content (AvgIpc) is 2.75. The van der Waals surface area contributed by atoms with E-state index in [4.69, 9.17) is 0 Å². The second-order valence-electron chi connectivity index (χ2n) is 7.33. The van der Waals surface area contributed by atoms with Crippen LogP contribution in [-0.2, 0) is 6.54 Å². The third-order valence-corrected chi connectivity index (χ3v) is 5.12. The summed E-state index contributed by atoms with van der Waals surface area (Å²) in [7, 11) is 0. The highest BCUT2D eigenvalue weighted by Crippen LogP contribution is 2.18. The molecule has 1 fully saturated rings. The maximum absolute atomic E-state index is 12.5. The standard InChI is InChI=1S/C23H25N5O/c1-18-6-5-9-20(14-18)23(29)26-21-15-22(25-17-24-21)28-12-10-27(11-13-28)16-19-7-3-2-4-8-19/h2-9,14-15,17H,10-13,16H2,1H3,(H,24,25,26,29). The number of amides is 1. The van der Waals surface area contributed by atoms with E-state index >= 15 is 0 Å². The number of benzene rings is 2. The van der Waals surface area contributed by atoms with Crippen molar-refractivity contribution >= 4 is 17.5 Å². The molecule has 0 aliphatic carbocycles. The largest absolute Gasteiger partial charge is 0.354 e. The van der Waals surface area contributed by atoms with Gasteiger partial charge in [0.1, 0.15) is 18.0 Å². The quantitative estimate of drug-likeness (QED) is 0.727.